The topological polar surface area (TPSA) is 84.0 Å². The lowest BCUT2D eigenvalue weighted by atomic mass is 10.1. The molecule has 0 spiro atoms. The zero-order valence-electron chi connectivity index (χ0n) is 11.3. The molecule has 3 N–H and O–H groups in total. The van der Waals surface area contributed by atoms with Gasteiger partial charge >= 0.3 is 0 Å². The van der Waals surface area contributed by atoms with Crippen molar-refractivity contribution in [1.82, 2.24) is 4.98 Å². The van der Waals surface area contributed by atoms with Crippen LogP contribution in [0.4, 0.5) is 5.82 Å². The predicted molar refractivity (Wildman–Crippen MR) is 73.7 cm³/mol. The molecule has 1 fully saturated rings. The Kier molecular flexibility index (Phi) is 4.21. The van der Waals surface area contributed by atoms with Gasteiger partial charge in [-0.15, -0.1) is 0 Å². The van der Waals surface area contributed by atoms with Crippen molar-refractivity contribution >= 4 is 11.7 Å². The van der Waals surface area contributed by atoms with Gasteiger partial charge in [-0.05, 0) is 25.5 Å². The van der Waals surface area contributed by atoms with Crippen molar-refractivity contribution in [2.45, 2.75) is 26.4 Å². The molecule has 1 unspecified atom stereocenters. The number of rotatable bonds is 3. The van der Waals surface area contributed by atoms with Crippen LogP contribution in [0.2, 0.25) is 0 Å². The normalized spacial score (nSPS) is 20.6. The average Bonchev–Trinajstić information content (AvgIpc) is 2.46. The first kappa shape index (κ1) is 13.6. The van der Waals surface area contributed by atoms with Crippen LogP contribution in [-0.2, 0) is 4.74 Å². The molecule has 1 saturated heterocycles. The molecule has 0 amide bonds. The van der Waals surface area contributed by atoms with E-state index in [2.05, 4.69) is 22.0 Å². The van der Waals surface area contributed by atoms with E-state index in [1.54, 1.807) is 0 Å². The van der Waals surface area contributed by atoms with E-state index < -0.39 is 0 Å². The fourth-order valence-corrected chi connectivity index (χ4v) is 2.20. The second-order valence-corrected chi connectivity index (χ2v) is 4.66. The first-order valence-corrected chi connectivity index (χ1v) is 6.47. The van der Waals surface area contributed by atoms with Crippen molar-refractivity contribution in [3.05, 3.63) is 23.4 Å². The van der Waals surface area contributed by atoms with Gasteiger partial charge in [-0.2, -0.15) is 0 Å². The summed E-state index contributed by atoms with van der Waals surface area (Å²) in [6.07, 6.45) is 1.16. The predicted octanol–water partition coefficient (Wildman–Crippen LogP) is 1.10. The molecule has 2 rings (SSSR count). The highest BCUT2D eigenvalue weighted by Gasteiger charge is 2.23. The summed E-state index contributed by atoms with van der Waals surface area (Å²) in [5.41, 5.74) is 7.28. The molecule has 104 valence electrons. The second-order valence-electron chi connectivity index (χ2n) is 4.66. The molecule has 1 aromatic rings. The summed E-state index contributed by atoms with van der Waals surface area (Å²) in [4.78, 5) is 6.67. The quantitative estimate of drug-likeness (QED) is 0.369. The molecule has 0 bridgehead atoms. The number of morpholine rings is 1. The van der Waals surface area contributed by atoms with Gasteiger partial charge in [0.1, 0.15) is 5.82 Å². The highest BCUT2D eigenvalue weighted by molar-refractivity contribution is 6.01. The van der Waals surface area contributed by atoms with Crippen molar-refractivity contribution < 1.29 is 9.94 Å². The van der Waals surface area contributed by atoms with Crippen molar-refractivity contribution in [2.75, 3.05) is 24.6 Å². The summed E-state index contributed by atoms with van der Waals surface area (Å²) < 4.78 is 5.66. The molecule has 1 aliphatic heterocycles. The van der Waals surface area contributed by atoms with Crippen molar-refractivity contribution in [2.24, 2.45) is 10.9 Å². The second kappa shape index (κ2) is 5.88. The third kappa shape index (κ3) is 2.96. The summed E-state index contributed by atoms with van der Waals surface area (Å²) in [5, 5.41) is 12.0. The van der Waals surface area contributed by atoms with Crippen molar-refractivity contribution in [3.63, 3.8) is 0 Å². The molecule has 19 heavy (non-hydrogen) atoms. The first-order valence-electron chi connectivity index (χ1n) is 6.47. The van der Waals surface area contributed by atoms with E-state index in [0.717, 1.165) is 31.0 Å². The maximum absolute atomic E-state index is 8.87. The minimum Gasteiger partial charge on any atom is -0.409 e. The molecule has 0 radical (unpaired) electrons. The molecule has 0 aromatic carbocycles. The largest absolute Gasteiger partial charge is 0.409 e. The lowest BCUT2D eigenvalue weighted by Crippen LogP contribution is -2.43. The number of pyridine rings is 1. The Bertz CT molecular complexity index is 476. The number of aromatic nitrogens is 1. The van der Waals surface area contributed by atoms with Crippen LogP contribution in [0.1, 0.15) is 24.6 Å². The van der Waals surface area contributed by atoms with E-state index in [-0.39, 0.29) is 11.9 Å². The average molecular weight is 264 g/mol. The van der Waals surface area contributed by atoms with Crippen LogP contribution in [0.15, 0.2) is 17.3 Å². The molecule has 1 aromatic heterocycles. The summed E-state index contributed by atoms with van der Waals surface area (Å²) in [5.74, 6) is 0.846. The van der Waals surface area contributed by atoms with Crippen LogP contribution in [0.5, 0.6) is 0 Å². The smallest absolute Gasteiger partial charge is 0.173 e. The van der Waals surface area contributed by atoms with Crippen molar-refractivity contribution in [3.8, 4) is 0 Å². The van der Waals surface area contributed by atoms with E-state index in [1.807, 2.05) is 19.1 Å². The van der Waals surface area contributed by atoms with Gasteiger partial charge in [0.25, 0.3) is 0 Å². The Morgan fingerprint density at radius 1 is 1.63 bits per heavy atom. The highest BCUT2D eigenvalue weighted by atomic mass is 16.5. The maximum Gasteiger partial charge on any atom is 0.173 e. The molecule has 6 heteroatoms. The first-order chi connectivity index (χ1) is 9.15. The van der Waals surface area contributed by atoms with E-state index in [4.69, 9.17) is 15.7 Å². The number of nitrogens with two attached hydrogens (primary N) is 1. The SMILES string of the molecule is CCC1CN(c2nc(C)ccc2C(N)=NO)CCO1. The number of nitrogens with zero attached hydrogens (tertiary/aromatic N) is 3. The van der Waals surface area contributed by atoms with Gasteiger partial charge in [-0.25, -0.2) is 4.98 Å². The van der Waals surface area contributed by atoms with E-state index >= 15 is 0 Å². The van der Waals surface area contributed by atoms with Gasteiger partial charge in [-0.3, -0.25) is 0 Å². The number of hydrogen-bond donors (Lipinski definition) is 2. The Morgan fingerprint density at radius 3 is 3.11 bits per heavy atom. The molecule has 0 saturated carbocycles. The summed E-state index contributed by atoms with van der Waals surface area (Å²) in [7, 11) is 0. The molecule has 2 heterocycles. The Labute approximate surface area is 112 Å². The minimum atomic E-state index is 0.0852. The van der Waals surface area contributed by atoms with Crippen LogP contribution in [0.25, 0.3) is 0 Å². The van der Waals surface area contributed by atoms with Gasteiger partial charge in [0.15, 0.2) is 5.84 Å². The lowest BCUT2D eigenvalue weighted by Gasteiger charge is -2.34. The Morgan fingerprint density at radius 2 is 2.42 bits per heavy atom. The Balaban J connectivity index is 2.34. The summed E-state index contributed by atoms with van der Waals surface area (Å²) in [6.45, 7) is 6.24. The Hall–Kier alpha value is -1.82. The molecule has 1 aliphatic rings. The molecule has 1 atom stereocenters. The number of oxime groups is 1. The molecule has 6 nitrogen and oxygen atoms in total. The van der Waals surface area contributed by atoms with E-state index in [9.17, 15) is 0 Å². The molecule has 0 aliphatic carbocycles. The summed E-state index contributed by atoms with van der Waals surface area (Å²) in [6, 6.07) is 3.69. The van der Waals surface area contributed by atoms with Crippen LogP contribution < -0.4 is 10.6 Å². The fourth-order valence-electron chi connectivity index (χ4n) is 2.20. The van der Waals surface area contributed by atoms with Crippen molar-refractivity contribution in [1.29, 1.82) is 0 Å². The fraction of sp³-hybridized carbons (Fsp3) is 0.538. The van der Waals surface area contributed by atoms with Gasteiger partial charge in [-0.1, -0.05) is 12.1 Å². The minimum absolute atomic E-state index is 0.0852. The van der Waals surface area contributed by atoms with Gasteiger partial charge < -0.3 is 20.6 Å². The van der Waals surface area contributed by atoms with Gasteiger partial charge in [0.05, 0.1) is 18.3 Å². The molecular weight excluding hydrogens is 244 g/mol. The number of ether oxygens (including phenoxy) is 1. The van der Waals surface area contributed by atoms with E-state index in [0.29, 0.717) is 12.2 Å². The standard InChI is InChI=1S/C13H20N4O2/c1-3-10-8-17(6-7-19-10)13-11(12(14)16-18)5-4-9(2)15-13/h4-5,10,18H,3,6-8H2,1-2H3,(H2,14,16). The molecular formula is C13H20N4O2. The zero-order valence-corrected chi connectivity index (χ0v) is 11.3. The van der Waals surface area contributed by atoms with Crippen LogP contribution in [0.3, 0.4) is 0 Å². The summed E-state index contributed by atoms with van der Waals surface area (Å²) >= 11 is 0. The lowest BCUT2D eigenvalue weighted by molar-refractivity contribution is 0.0381. The zero-order chi connectivity index (χ0) is 13.8. The monoisotopic (exact) mass is 264 g/mol. The van der Waals surface area contributed by atoms with Crippen LogP contribution >= 0.6 is 0 Å². The number of amidine groups is 1. The van der Waals surface area contributed by atoms with Gasteiger partial charge in [0, 0.05) is 18.8 Å². The van der Waals surface area contributed by atoms with E-state index in [1.165, 1.54) is 0 Å². The third-order valence-electron chi connectivity index (χ3n) is 3.29. The third-order valence-corrected chi connectivity index (χ3v) is 3.29. The highest BCUT2D eigenvalue weighted by Crippen LogP contribution is 2.21. The van der Waals surface area contributed by atoms with Crippen LogP contribution in [-0.4, -0.2) is 41.8 Å². The number of hydrogen-bond acceptors (Lipinski definition) is 5. The number of anilines is 1. The van der Waals surface area contributed by atoms with Gasteiger partial charge in [0.2, 0.25) is 0 Å². The number of aryl methyl sites for hydroxylation is 1. The van der Waals surface area contributed by atoms with Crippen LogP contribution in [0, 0.1) is 6.92 Å². The maximum atomic E-state index is 8.87.